The van der Waals surface area contributed by atoms with Crippen LogP contribution in [0.15, 0.2) is 41.4 Å². The normalized spacial score (nSPS) is 17.2. The van der Waals surface area contributed by atoms with Gasteiger partial charge in [0.05, 0.1) is 19.2 Å². The van der Waals surface area contributed by atoms with Crippen LogP contribution in [0.4, 0.5) is 8.78 Å². The number of hydrogen-bond donors (Lipinski definition) is 0. The van der Waals surface area contributed by atoms with Crippen LogP contribution in [-0.4, -0.2) is 34.4 Å². The molecular weight excluding hydrogens is 406 g/mol. The molecule has 2 aromatic carbocycles. The average Bonchev–Trinajstić information content (AvgIpc) is 2.91. The number of carbonyl (C=O) groups excluding carboxylic acids is 1. The maximum atomic E-state index is 14.1. The molecule has 1 fully saturated rings. The van der Waals surface area contributed by atoms with Crippen LogP contribution in [0.2, 0.25) is 5.02 Å². The van der Waals surface area contributed by atoms with Crippen LogP contribution in [-0.2, 0) is 6.54 Å². The average molecular weight is 425 g/mol. The first-order valence-electron chi connectivity index (χ1n) is 8.53. The van der Waals surface area contributed by atoms with Crippen molar-refractivity contribution < 1.29 is 18.3 Å². The number of thioether (sulfide) groups is 1. The van der Waals surface area contributed by atoms with E-state index in [4.69, 9.17) is 16.3 Å². The molecule has 148 valence electrons. The van der Waals surface area contributed by atoms with Gasteiger partial charge in [-0.25, -0.2) is 8.78 Å². The maximum absolute atomic E-state index is 14.1. The second kappa shape index (κ2) is 8.09. The Morgan fingerprint density at radius 3 is 2.61 bits per heavy atom. The topological polar surface area (TPSA) is 41.9 Å². The highest BCUT2D eigenvalue weighted by molar-refractivity contribution is 8.15. The first-order chi connectivity index (χ1) is 13.2. The van der Waals surface area contributed by atoms with Crippen molar-refractivity contribution in [2.45, 2.75) is 25.1 Å². The fourth-order valence-corrected chi connectivity index (χ4v) is 4.23. The highest BCUT2D eigenvalue weighted by Gasteiger charge is 2.36. The molecule has 0 saturated carbocycles. The number of amides is 1. The Morgan fingerprint density at radius 2 is 1.96 bits per heavy atom. The maximum Gasteiger partial charge on any atom is 0.283 e. The van der Waals surface area contributed by atoms with E-state index in [2.05, 4.69) is 4.99 Å². The summed E-state index contributed by atoms with van der Waals surface area (Å²) in [5.41, 5.74) is 0.172. The van der Waals surface area contributed by atoms with Crippen LogP contribution in [0.5, 0.6) is 5.75 Å². The van der Waals surface area contributed by atoms with E-state index in [1.165, 1.54) is 43.1 Å². The molecule has 0 N–H and O–H groups in total. The number of methoxy groups -OCH3 is 1. The van der Waals surface area contributed by atoms with Crippen LogP contribution in [0.1, 0.15) is 29.8 Å². The Balaban J connectivity index is 1.94. The summed E-state index contributed by atoms with van der Waals surface area (Å²) in [6.07, 6.45) is 0. The van der Waals surface area contributed by atoms with Crippen molar-refractivity contribution >= 4 is 34.4 Å². The van der Waals surface area contributed by atoms with Crippen LogP contribution in [0.3, 0.4) is 0 Å². The predicted molar refractivity (Wildman–Crippen MR) is 108 cm³/mol. The lowest BCUT2D eigenvalue weighted by molar-refractivity contribution is 0.0998. The van der Waals surface area contributed by atoms with Gasteiger partial charge in [0.15, 0.2) is 5.17 Å². The Kier molecular flexibility index (Phi) is 5.95. The van der Waals surface area contributed by atoms with Crippen molar-refractivity contribution in [2.24, 2.45) is 4.99 Å². The summed E-state index contributed by atoms with van der Waals surface area (Å²) in [6.45, 7) is 4.43. The summed E-state index contributed by atoms with van der Waals surface area (Å²) in [4.78, 5) is 18.7. The van der Waals surface area contributed by atoms with E-state index in [0.29, 0.717) is 22.5 Å². The molecule has 1 aliphatic heterocycles. The van der Waals surface area contributed by atoms with E-state index in [0.717, 1.165) is 0 Å². The monoisotopic (exact) mass is 424 g/mol. The minimum absolute atomic E-state index is 0.0201. The van der Waals surface area contributed by atoms with Crippen molar-refractivity contribution in [3.8, 4) is 5.75 Å². The quantitative estimate of drug-likeness (QED) is 0.680. The lowest BCUT2D eigenvalue weighted by atomic mass is 10.1. The Morgan fingerprint density at radius 1 is 1.29 bits per heavy atom. The molecular formula is C20H19ClF2N2O2S. The van der Waals surface area contributed by atoms with Crippen LogP contribution in [0, 0.1) is 11.6 Å². The Hall–Kier alpha value is -2.12. The number of aliphatic imine (C=N–C) groups is 1. The minimum Gasteiger partial charge on any atom is -0.496 e. The SMILES string of the molecule is COc1ccc(Cl)cc1C(=O)N=C1SC(C)(C)CN1Cc1c(F)cccc1F. The van der Waals surface area contributed by atoms with Crippen LogP contribution >= 0.6 is 23.4 Å². The molecule has 3 rings (SSSR count). The molecule has 1 heterocycles. The molecule has 0 bridgehead atoms. The minimum atomic E-state index is -0.628. The van der Waals surface area contributed by atoms with Gasteiger partial charge in [-0.2, -0.15) is 4.99 Å². The summed E-state index contributed by atoms with van der Waals surface area (Å²) >= 11 is 7.38. The molecule has 0 aromatic heterocycles. The molecule has 0 spiro atoms. The third-order valence-corrected chi connectivity index (χ3v) is 5.66. The first kappa shape index (κ1) is 20.6. The molecule has 1 amide bonds. The zero-order valence-electron chi connectivity index (χ0n) is 15.6. The van der Waals surface area contributed by atoms with Crippen molar-refractivity contribution in [1.82, 2.24) is 4.90 Å². The number of nitrogens with zero attached hydrogens (tertiary/aromatic N) is 2. The molecule has 28 heavy (non-hydrogen) atoms. The summed E-state index contributed by atoms with van der Waals surface area (Å²) in [5.74, 6) is -1.43. The van der Waals surface area contributed by atoms with Gasteiger partial charge in [-0.15, -0.1) is 0 Å². The van der Waals surface area contributed by atoms with E-state index >= 15 is 0 Å². The number of halogens is 3. The van der Waals surface area contributed by atoms with E-state index in [9.17, 15) is 13.6 Å². The second-order valence-electron chi connectivity index (χ2n) is 6.96. The zero-order valence-corrected chi connectivity index (χ0v) is 17.2. The van der Waals surface area contributed by atoms with Crippen molar-refractivity contribution in [3.05, 3.63) is 64.2 Å². The number of ether oxygens (including phenoxy) is 1. The second-order valence-corrected chi connectivity index (χ2v) is 9.07. The standard InChI is InChI=1S/C20H19ClF2N2O2S/c1-20(2)11-25(10-14-15(22)5-4-6-16(14)23)19(28-20)24-18(26)13-9-12(21)7-8-17(13)27-3/h4-9H,10-11H2,1-3H3. The van der Waals surface area contributed by atoms with E-state index in [1.54, 1.807) is 17.0 Å². The molecule has 1 aliphatic rings. The number of hydrogen-bond acceptors (Lipinski definition) is 3. The fraction of sp³-hybridized carbons (Fsp3) is 0.300. The fourth-order valence-electron chi connectivity index (χ4n) is 2.96. The third kappa shape index (κ3) is 4.47. The summed E-state index contributed by atoms with van der Waals surface area (Å²) in [6, 6.07) is 8.44. The summed E-state index contributed by atoms with van der Waals surface area (Å²) < 4.78 is 33.1. The predicted octanol–water partition coefficient (Wildman–Crippen LogP) is 5.15. The van der Waals surface area contributed by atoms with Gasteiger partial charge in [0.25, 0.3) is 5.91 Å². The van der Waals surface area contributed by atoms with Gasteiger partial charge in [0, 0.05) is 21.9 Å². The van der Waals surface area contributed by atoms with Gasteiger partial charge in [-0.05, 0) is 44.2 Å². The molecule has 2 aromatic rings. The first-order valence-corrected chi connectivity index (χ1v) is 9.73. The largest absolute Gasteiger partial charge is 0.496 e. The highest BCUT2D eigenvalue weighted by atomic mass is 35.5. The van der Waals surface area contributed by atoms with Crippen LogP contribution in [0.25, 0.3) is 0 Å². The van der Waals surface area contributed by atoms with Crippen LogP contribution < -0.4 is 4.74 Å². The highest BCUT2D eigenvalue weighted by Crippen LogP contribution is 2.37. The van der Waals surface area contributed by atoms with Gasteiger partial charge in [-0.3, -0.25) is 4.79 Å². The molecule has 0 radical (unpaired) electrons. The van der Waals surface area contributed by atoms with Gasteiger partial charge >= 0.3 is 0 Å². The van der Waals surface area contributed by atoms with Gasteiger partial charge < -0.3 is 9.64 Å². The molecule has 0 aliphatic carbocycles. The Bertz CT molecular complexity index is 930. The number of carbonyl (C=O) groups is 1. The molecule has 0 atom stereocenters. The van der Waals surface area contributed by atoms with Crippen molar-refractivity contribution in [2.75, 3.05) is 13.7 Å². The van der Waals surface area contributed by atoms with Crippen molar-refractivity contribution in [1.29, 1.82) is 0 Å². The van der Waals surface area contributed by atoms with E-state index < -0.39 is 17.5 Å². The van der Waals surface area contributed by atoms with E-state index in [-0.39, 0.29) is 22.4 Å². The molecule has 0 unspecified atom stereocenters. The number of rotatable bonds is 4. The van der Waals surface area contributed by atoms with Crippen molar-refractivity contribution in [3.63, 3.8) is 0 Å². The molecule has 4 nitrogen and oxygen atoms in total. The number of benzene rings is 2. The third-order valence-electron chi connectivity index (χ3n) is 4.21. The molecule has 8 heteroatoms. The number of amidine groups is 1. The molecule has 1 saturated heterocycles. The van der Waals surface area contributed by atoms with E-state index in [1.807, 2.05) is 13.8 Å². The van der Waals surface area contributed by atoms with Gasteiger partial charge in [0.2, 0.25) is 0 Å². The Labute approximate surface area is 171 Å². The lowest BCUT2D eigenvalue weighted by Gasteiger charge is -2.20. The lowest BCUT2D eigenvalue weighted by Crippen LogP contribution is -2.29. The zero-order chi connectivity index (χ0) is 20.5. The summed E-state index contributed by atoms with van der Waals surface area (Å²) in [5, 5.41) is 0.786. The van der Waals surface area contributed by atoms with Gasteiger partial charge in [-0.1, -0.05) is 29.4 Å². The summed E-state index contributed by atoms with van der Waals surface area (Å²) in [7, 11) is 1.45. The van der Waals surface area contributed by atoms with Gasteiger partial charge in [0.1, 0.15) is 17.4 Å². The smallest absolute Gasteiger partial charge is 0.283 e.